The zero-order valence-corrected chi connectivity index (χ0v) is 30.7. The van der Waals surface area contributed by atoms with Gasteiger partial charge in [0.05, 0.1) is 60.3 Å². The van der Waals surface area contributed by atoms with Gasteiger partial charge in [-0.1, -0.05) is 38.1 Å². The number of esters is 1. The molecule has 0 spiro atoms. The van der Waals surface area contributed by atoms with Crippen molar-refractivity contribution in [3.8, 4) is 23.0 Å². The Morgan fingerprint density at radius 3 is 1.47 bits per heavy atom. The van der Waals surface area contributed by atoms with E-state index in [1.165, 1.54) is 48.5 Å². The monoisotopic (exact) mass is 744 g/mol. The van der Waals surface area contributed by atoms with Gasteiger partial charge in [-0.05, 0) is 103 Å². The fourth-order valence-corrected chi connectivity index (χ4v) is 6.94. The van der Waals surface area contributed by atoms with Crippen LogP contribution in [0.5, 0.6) is 23.0 Å². The molecule has 4 aromatic rings. The maximum atomic E-state index is 13.2. The molecular weight excluding hydrogens is 701 g/mol. The topological polar surface area (TPSA) is 133 Å². The van der Waals surface area contributed by atoms with Gasteiger partial charge in [0.25, 0.3) is 0 Å². The highest BCUT2D eigenvalue weighted by atomic mass is 32.2. The highest BCUT2D eigenvalue weighted by Crippen LogP contribution is 2.33. The van der Waals surface area contributed by atoms with E-state index in [4.69, 9.17) is 33.2 Å². The van der Waals surface area contributed by atoms with Crippen LogP contribution in [0.3, 0.4) is 0 Å². The summed E-state index contributed by atoms with van der Waals surface area (Å²) in [5.41, 5.74) is 1.89. The van der Waals surface area contributed by atoms with Crippen molar-refractivity contribution in [1.82, 2.24) is 0 Å². The molecule has 11 nitrogen and oxygen atoms in total. The van der Waals surface area contributed by atoms with Crippen molar-refractivity contribution in [1.29, 1.82) is 0 Å². The maximum Gasteiger partial charge on any atom is 0.514 e. The van der Waals surface area contributed by atoms with Crippen molar-refractivity contribution >= 4 is 22.0 Å². The SMILES string of the molecule is CCC1(COc2ccc(CCC(=O)Oc3ccc(S(=O)(=O)c4ccc(OC(=O)OCc5ccc(OCC6(CC)COC6)cc5)cc4)cc3)cc2)COC1. The minimum Gasteiger partial charge on any atom is -0.493 e. The van der Waals surface area contributed by atoms with E-state index >= 15 is 0 Å². The molecule has 2 aliphatic rings. The zero-order valence-electron chi connectivity index (χ0n) is 29.9. The summed E-state index contributed by atoms with van der Waals surface area (Å²) in [6.45, 7) is 8.30. The number of ether oxygens (including phenoxy) is 7. The molecule has 0 unspecified atom stereocenters. The van der Waals surface area contributed by atoms with Gasteiger partial charge in [-0.2, -0.15) is 0 Å². The highest BCUT2D eigenvalue weighted by Gasteiger charge is 2.38. The summed E-state index contributed by atoms with van der Waals surface area (Å²) < 4.78 is 64.9. The Morgan fingerprint density at radius 1 is 0.604 bits per heavy atom. The summed E-state index contributed by atoms with van der Waals surface area (Å²) >= 11 is 0. The molecular formula is C41H44O11S. The van der Waals surface area contributed by atoms with Crippen LogP contribution in [0, 0.1) is 10.8 Å². The van der Waals surface area contributed by atoms with Gasteiger partial charge in [0.1, 0.15) is 29.6 Å². The Hall–Kier alpha value is -4.91. The number of carbonyl (C=O) groups excluding carboxylic acids is 2. The summed E-state index contributed by atoms with van der Waals surface area (Å²) in [6.07, 6.45) is 1.69. The number of aryl methyl sites for hydroxylation is 1. The summed E-state index contributed by atoms with van der Waals surface area (Å²) in [5, 5.41) is 0. The first kappa shape index (κ1) is 37.8. The van der Waals surface area contributed by atoms with Crippen LogP contribution in [0.2, 0.25) is 0 Å². The maximum absolute atomic E-state index is 13.2. The Labute approximate surface area is 310 Å². The third kappa shape index (κ3) is 9.75. The van der Waals surface area contributed by atoms with Crippen LogP contribution in [-0.4, -0.2) is 60.2 Å². The Morgan fingerprint density at radius 2 is 1.04 bits per heavy atom. The van der Waals surface area contributed by atoms with Gasteiger partial charge in [0, 0.05) is 6.42 Å². The van der Waals surface area contributed by atoms with Crippen LogP contribution in [0.1, 0.15) is 44.2 Å². The van der Waals surface area contributed by atoms with E-state index in [0.717, 1.165) is 48.7 Å². The second kappa shape index (κ2) is 16.8. The molecule has 280 valence electrons. The molecule has 12 heteroatoms. The van der Waals surface area contributed by atoms with Crippen molar-refractivity contribution in [3.05, 3.63) is 108 Å². The second-order valence-corrected chi connectivity index (χ2v) is 15.6. The van der Waals surface area contributed by atoms with Gasteiger partial charge in [0.2, 0.25) is 9.84 Å². The summed E-state index contributed by atoms with van der Waals surface area (Å²) in [6, 6.07) is 25.9. The molecule has 0 saturated carbocycles. The number of rotatable bonds is 17. The summed E-state index contributed by atoms with van der Waals surface area (Å²) in [4.78, 5) is 24.8. The molecule has 53 heavy (non-hydrogen) atoms. The van der Waals surface area contributed by atoms with Gasteiger partial charge >= 0.3 is 12.1 Å². The molecule has 0 radical (unpaired) electrons. The van der Waals surface area contributed by atoms with Gasteiger partial charge in [0.15, 0.2) is 0 Å². The number of hydrogen-bond acceptors (Lipinski definition) is 11. The number of carbonyl (C=O) groups is 2. The Kier molecular flexibility index (Phi) is 12.0. The smallest absolute Gasteiger partial charge is 0.493 e. The highest BCUT2D eigenvalue weighted by molar-refractivity contribution is 7.91. The second-order valence-electron chi connectivity index (χ2n) is 13.6. The summed E-state index contributed by atoms with van der Waals surface area (Å²) in [7, 11) is -3.90. The molecule has 0 amide bonds. The molecule has 2 saturated heterocycles. The lowest BCUT2D eigenvalue weighted by Gasteiger charge is -2.40. The largest absolute Gasteiger partial charge is 0.514 e. The minimum absolute atomic E-state index is 0.00157. The number of benzene rings is 4. The van der Waals surface area contributed by atoms with E-state index in [9.17, 15) is 18.0 Å². The molecule has 0 bridgehead atoms. The molecule has 0 aliphatic carbocycles. The van der Waals surface area contributed by atoms with E-state index in [0.29, 0.717) is 32.8 Å². The lowest BCUT2D eigenvalue weighted by Crippen LogP contribution is -2.46. The predicted octanol–water partition coefficient (Wildman–Crippen LogP) is 7.38. The first-order valence-corrected chi connectivity index (χ1v) is 19.2. The predicted molar refractivity (Wildman–Crippen MR) is 194 cm³/mol. The van der Waals surface area contributed by atoms with Crippen molar-refractivity contribution in [3.63, 3.8) is 0 Å². The molecule has 4 aromatic carbocycles. The van der Waals surface area contributed by atoms with E-state index < -0.39 is 22.0 Å². The number of hydrogen-bond donors (Lipinski definition) is 0. The third-order valence-corrected chi connectivity index (χ3v) is 11.5. The standard InChI is InChI=1S/C41H44O11S/c1-3-40(24-46-25-40)28-49-32-10-5-30(6-11-32)9-22-38(42)51-34-14-18-36(19-15-34)53(44,45)37-20-16-35(17-21-37)52-39(43)48-23-31-7-12-33(13-8-31)50-29-41(4-2)26-47-27-41/h5-8,10-21H,3-4,9,22-29H2,1-2H3. The van der Waals surface area contributed by atoms with E-state index in [1.807, 2.05) is 36.4 Å². The molecule has 0 atom stereocenters. The Balaban J connectivity index is 0.920. The lowest BCUT2D eigenvalue weighted by atomic mass is 9.84. The van der Waals surface area contributed by atoms with Gasteiger partial charge in [-0.25, -0.2) is 13.2 Å². The fraction of sp³-hybridized carbons (Fsp3) is 0.366. The molecule has 2 heterocycles. The van der Waals surface area contributed by atoms with Crippen LogP contribution in [0.4, 0.5) is 4.79 Å². The van der Waals surface area contributed by atoms with E-state index in [1.54, 1.807) is 12.1 Å². The van der Waals surface area contributed by atoms with E-state index in [-0.39, 0.29) is 45.1 Å². The van der Waals surface area contributed by atoms with Crippen LogP contribution < -0.4 is 18.9 Å². The molecule has 6 rings (SSSR count). The zero-order chi connectivity index (χ0) is 37.3. The minimum atomic E-state index is -3.90. The lowest BCUT2D eigenvalue weighted by molar-refractivity contribution is -0.134. The average molecular weight is 745 g/mol. The first-order valence-electron chi connectivity index (χ1n) is 17.7. The van der Waals surface area contributed by atoms with Gasteiger partial charge in [-0.15, -0.1) is 0 Å². The van der Waals surface area contributed by atoms with Crippen LogP contribution >= 0.6 is 0 Å². The fourth-order valence-electron chi connectivity index (χ4n) is 5.67. The Bertz CT molecular complexity index is 1780. The third-order valence-electron chi connectivity index (χ3n) is 9.75. The molecule has 0 aromatic heterocycles. The normalized spacial score (nSPS) is 15.7. The van der Waals surface area contributed by atoms with Crippen molar-refractivity contribution < 1.29 is 51.2 Å². The van der Waals surface area contributed by atoms with Crippen molar-refractivity contribution in [2.24, 2.45) is 10.8 Å². The summed E-state index contributed by atoms with van der Waals surface area (Å²) in [5.74, 6) is 1.42. The van der Waals surface area contributed by atoms with Crippen molar-refractivity contribution in [2.45, 2.75) is 55.9 Å². The van der Waals surface area contributed by atoms with Crippen LogP contribution in [0.25, 0.3) is 0 Å². The molecule has 2 aliphatic heterocycles. The molecule has 2 fully saturated rings. The molecule has 0 N–H and O–H groups in total. The first-order chi connectivity index (χ1) is 25.6. The van der Waals surface area contributed by atoms with Crippen LogP contribution in [-0.2, 0) is 41.9 Å². The van der Waals surface area contributed by atoms with E-state index in [2.05, 4.69) is 13.8 Å². The number of sulfone groups is 1. The van der Waals surface area contributed by atoms with Gasteiger partial charge in [-0.3, -0.25) is 4.79 Å². The van der Waals surface area contributed by atoms with Gasteiger partial charge < -0.3 is 33.2 Å². The van der Waals surface area contributed by atoms with Crippen LogP contribution in [0.15, 0.2) is 107 Å². The van der Waals surface area contributed by atoms with Crippen molar-refractivity contribution in [2.75, 3.05) is 39.6 Å². The quantitative estimate of drug-likeness (QED) is 0.0609. The average Bonchev–Trinajstić information content (AvgIpc) is 3.14.